The molecule has 2 aliphatic rings. The van der Waals surface area contributed by atoms with Gasteiger partial charge in [0.1, 0.15) is 5.82 Å². The van der Waals surface area contributed by atoms with Crippen LogP contribution in [0.15, 0.2) is 76.5 Å². The molecule has 3 nitrogen and oxygen atoms in total. The van der Waals surface area contributed by atoms with E-state index in [0.29, 0.717) is 18.0 Å². The summed E-state index contributed by atoms with van der Waals surface area (Å²) in [6.45, 7) is 4.88. The van der Waals surface area contributed by atoms with Crippen LogP contribution in [0.25, 0.3) is 0 Å². The zero-order valence-electron chi connectivity index (χ0n) is 19.1. The van der Waals surface area contributed by atoms with Gasteiger partial charge in [0, 0.05) is 59.0 Å². The number of carbonyl (C=O) groups excluding carboxylic acids is 1. The molecule has 3 aromatic carbocycles. The highest BCUT2D eigenvalue weighted by atomic mass is 35.5. The van der Waals surface area contributed by atoms with Gasteiger partial charge >= 0.3 is 0 Å². The largest absolute Gasteiger partial charge is 0.301 e. The second-order valence-electron chi connectivity index (χ2n) is 9.02. The van der Waals surface area contributed by atoms with Gasteiger partial charge in [0.25, 0.3) is 0 Å². The lowest BCUT2D eigenvalue weighted by atomic mass is 9.96. The van der Waals surface area contributed by atoms with Crippen LogP contribution in [0.1, 0.15) is 40.4 Å². The molecule has 6 heteroatoms. The smallest absolute Gasteiger partial charge is 0.162 e. The monoisotopic (exact) mass is 494 g/mol. The summed E-state index contributed by atoms with van der Waals surface area (Å²) in [5.74, 6) is -0.225. The Bertz CT molecular complexity index is 1160. The van der Waals surface area contributed by atoms with Gasteiger partial charge in [-0.05, 0) is 79.0 Å². The Morgan fingerprint density at radius 3 is 2.53 bits per heavy atom. The van der Waals surface area contributed by atoms with E-state index < -0.39 is 0 Å². The van der Waals surface area contributed by atoms with E-state index in [1.807, 2.05) is 17.8 Å². The predicted molar refractivity (Wildman–Crippen MR) is 136 cm³/mol. The van der Waals surface area contributed by atoms with Crippen molar-refractivity contribution in [3.05, 3.63) is 94.3 Å². The summed E-state index contributed by atoms with van der Waals surface area (Å²) in [6, 6.07) is 21.2. The Balaban J connectivity index is 1.20. The van der Waals surface area contributed by atoms with Gasteiger partial charge in [-0.2, -0.15) is 0 Å². The van der Waals surface area contributed by atoms with Crippen molar-refractivity contribution in [1.82, 2.24) is 9.80 Å². The molecule has 2 heterocycles. The fourth-order valence-electron chi connectivity index (χ4n) is 4.95. The molecule has 1 atom stereocenters. The number of ketones is 1. The molecule has 34 heavy (non-hydrogen) atoms. The Labute approximate surface area is 209 Å². The van der Waals surface area contributed by atoms with Gasteiger partial charge in [0.15, 0.2) is 5.78 Å². The molecule has 0 aromatic heterocycles. The molecule has 0 saturated carbocycles. The number of hydrogen-bond acceptors (Lipinski definition) is 4. The van der Waals surface area contributed by atoms with Gasteiger partial charge in [-0.3, -0.25) is 9.69 Å². The number of nitrogens with zero attached hydrogens (tertiary/aromatic N) is 2. The molecule has 0 radical (unpaired) electrons. The van der Waals surface area contributed by atoms with Crippen molar-refractivity contribution in [3.63, 3.8) is 0 Å². The molecule has 0 bridgehead atoms. The topological polar surface area (TPSA) is 23.6 Å². The van der Waals surface area contributed by atoms with Crippen molar-refractivity contribution in [3.8, 4) is 0 Å². The number of carbonyl (C=O) groups is 1. The van der Waals surface area contributed by atoms with Crippen LogP contribution in [0.3, 0.4) is 0 Å². The van der Waals surface area contributed by atoms with E-state index in [9.17, 15) is 9.18 Å². The molecule has 1 fully saturated rings. The third-order valence-electron chi connectivity index (χ3n) is 6.83. The van der Waals surface area contributed by atoms with Gasteiger partial charge in [0.05, 0.1) is 0 Å². The zero-order valence-corrected chi connectivity index (χ0v) is 20.6. The van der Waals surface area contributed by atoms with Crippen molar-refractivity contribution in [1.29, 1.82) is 0 Å². The first-order valence-electron chi connectivity index (χ1n) is 11.9. The van der Waals surface area contributed by atoms with Gasteiger partial charge in [-0.25, -0.2) is 4.39 Å². The first kappa shape index (κ1) is 23.6. The molecule has 0 N–H and O–H groups in total. The van der Waals surface area contributed by atoms with Crippen LogP contribution in [-0.4, -0.2) is 48.3 Å². The fraction of sp³-hybridized carbons (Fsp3) is 0.321. The van der Waals surface area contributed by atoms with E-state index in [-0.39, 0.29) is 11.6 Å². The molecule has 3 aromatic rings. The van der Waals surface area contributed by atoms with Gasteiger partial charge in [-0.1, -0.05) is 41.6 Å². The fourth-order valence-corrected chi connectivity index (χ4v) is 6.24. The Morgan fingerprint density at radius 1 is 0.971 bits per heavy atom. The van der Waals surface area contributed by atoms with Crippen LogP contribution in [0.2, 0.25) is 5.02 Å². The minimum absolute atomic E-state index is 0.0849. The molecular weight excluding hydrogens is 467 g/mol. The molecule has 1 saturated heterocycles. The van der Waals surface area contributed by atoms with Crippen molar-refractivity contribution in [2.75, 3.05) is 32.7 Å². The number of fused-ring (bicyclic) bond motifs is 2. The summed E-state index contributed by atoms with van der Waals surface area (Å²) >= 11 is 8.27. The van der Waals surface area contributed by atoms with E-state index >= 15 is 0 Å². The Hall–Kier alpha value is -2.18. The highest BCUT2D eigenvalue weighted by Crippen LogP contribution is 2.43. The molecule has 176 valence electrons. The average Bonchev–Trinajstić information content (AvgIpc) is 3.01. The first-order valence-corrected chi connectivity index (χ1v) is 13.1. The standard InChI is InChI=1S/C28H28ClFN2OS/c29-22-9-12-28-24(19-22)25(18-21-4-1-2-6-27(21)34-28)32-16-14-31(15-17-32)13-3-5-26(33)20-7-10-23(30)11-8-20/h1-2,4,6-12,19,25H,3,5,13-18H2. The van der Waals surface area contributed by atoms with E-state index in [1.165, 1.54) is 33.1 Å². The number of Topliss-reactive ketones (excluding diaryl/α,β-unsaturated/α-hetero) is 1. The predicted octanol–water partition coefficient (Wildman–Crippen LogP) is 6.51. The average molecular weight is 495 g/mol. The molecule has 1 unspecified atom stereocenters. The van der Waals surface area contributed by atoms with Crippen LogP contribution in [0.5, 0.6) is 0 Å². The molecule has 2 aliphatic heterocycles. The highest BCUT2D eigenvalue weighted by molar-refractivity contribution is 7.99. The van der Waals surface area contributed by atoms with Crippen LogP contribution >= 0.6 is 23.4 Å². The van der Waals surface area contributed by atoms with Gasteiger partial charge in [-0.15, -0.1) is 0 Å². The second kappa shape index (κ2) is 10.6. The van der Waals surface area contributed by atoms with E-state index in [0.717, 1.165) is 50.6 Å². The summed E-state index contributed by atoms with van der Waals surface area (Å²) in [7, 11) is 0. The van der Waals surface area contributed by atoms with Crippen molar-refractivity contribution in [2.45, 2.75) is 35.1 Å². The summed E-state index contributed by atoms with van der Waals surface area (Å²) in [5, 5.41) is 0.791. The summed E-state index contributed by atoms with van der Waals surface area (Å²) in [5.41, 5.74) is 3.31. The molecule has 0 spiro atoms. The third kappa shape index (κ3) is 5.38. The van der Waals surface area contributed by atoms with Crippen LogP contribution in [0, 0.1) is 5.82 Å². The summed E-state index contributed by atoms with van der Waals surface area (Å²) in [6.07, 6.45) is 2.30. The normalized spacial score (nSPS) is 18.7. The van der Waals surface area contributed by atoms with Crippen LogP contribution in [-0.2, 0) is 6.42 Å². The minimum Gasteiger partial charge on any atom is -0.301 e. The summed E-state index contributed by atoms with van der Waals surface area (Å²) in [4.78, 5) is 20.0. The lowest BCUT2D eigenvalue weighted by molar-refractivity contribution is 0.0888. The zero-order chi connectivity index (χ0) is 23.5. The van der Waals surface area contributed by atoms with E-state index in [2.05, 4.69) is 46.2 Å². The lowest BCUT2D eigenvalue weighted by Crippen LogP contribution is -2.48. The van der Waals surface area contributed by atoms with E-state index in [4.69, 9.17) is 11.6 Å². The van der Waals surface area contributed by atoms with Crippen molar-refractivity contribution in [2.24, 2.45) is 0 Å². The minimum atomic E-state index is -0.310. The SMILES string of the molecule is O=C(CCCN1CCN(C2Cc3ccccc3Sc3ccc(Cl)cc32)CC1)c1ccc(F)cc1. The number of halogens is 2. The maximum Gasteiger partial charge on any atom is 0.162 e. The van der Waals surface area contributed by atoms with Gasteiger partial charge in [0.2, 0.25) is 0 Å². The maximum absolute atomic E-state index is 13.1. The molecular formula is C28H28ClFN2OS. The Kier molecular flexibility index (Phi) is 7.35. The maximum atomic E-state index is 13.1. The number of piperazine rings is 1. The number of benzene rings is 3. The van der Waals surface area contributed by atoms with Gasteiger partial charge < -0.3 is 4.90 Å². The number of hydrogen-bond donors (Lipinski definition) is 0. The highest BCUT2D eigenvalue weighted by Gasteiger charge is 2.30. The van der Waals surface area contributed by atoms with E-state index in [1.54, 1.807) is 12.1 Å². The van der Waals surface area contributed by atoms with Crippen LogP contribution in [0.4, 0.5) is 4.39 Å². The Morgan fingerprint density at radius 2 is 1.74 bits per heavy atom. The molecule has 0 amide bonds. The quantitative estimate of drug-likeness (QED) is 0.364. The summed E-state index contributed by atoms with van der Waals surface area (Å²) < 4.78 is 13.1. The third-order valence-corrected chi connectivity index (χ3v) is 8.27. The van der Waals surface area contributed by atoms with Crippen molar-refractivity contribution < 1.29 is 9.18 Å². The van der Waals surface area contributed by atoms with Crippen molar-refractivity contribution >= 4 is 29.1 Å². The molecule has 0 aliphatic carbocycles. The van der Waals surface area contributed by atoms with Crippen LogP contribution < -0.4 is 0 Å². The second-order valence-corrected chi connectivity index (χ2v) is 10.5. The first-order chi connectivity index (χ1) is 16.6. The lowest BCUT2D eigenvalue weighted by Gasteiger charge is -2.39. The number of rotatable bonds is 6. The molecule has 5 rings (SSSR count).